The minimum atomic E-state index is -0.143. The van der Waals surface area contributed by atoms with Gasteiger partial charge < -0.3 is 4.74 Å². The van der Waals surface area contributed by atoms with E-state index in [0.29, 0.717) is 11.2 Å². The van der Waals surface area contributed by atoms with Crippen LogP contribution in [0.2, 0.25) is 0 Å². The molecule has 0 atom stereocenters. The molecule has 0 aliphatic heterocycles. The lowest BCUT2D eigenvalue weighted by Gasteiger charge is -2.09. The van der Waals surface area contributed by atoms with Crippen LogP contribution in [0.4, 0.5) is 0 Å². The molecule has 1 aromatic carbocycles. The maximum Gasteiger partial charge on any atom is 0.270 e. The van der Waals surface area contributed by atoms with Crippen molar-refractivity contribution in [3.05, 3.63) is 59.7 Å². The predicted molar refractivity (Wildman–Crippen MR) is 82.4 cm³/mol. The number of carbonyl (C=O) groups excluding carboxylic acids is 1. The van der Waals surface area contributed by atoms with E-state index in [1.54, 1.807) is 6.20 Å². The molecule has 0 fully saturated rings. The lowest BCUT2D eigenvalue weighted by Crippen LogP contribution is -2.31. The van der Waals surface area contributed by atoms with Gasteiger partial charge in [0.15, 0.2) is 6.61 Å². The molecular weight excluding hydrogens is 264 g/mol. The van der Waals surface area contributed by atoms with Crippen molar-refractivity contribution in [3.8, 4) is 5.75 Å². The highest BCUT2D eigenvalue weighted by molar-refractivity contribution is 5.80. The predicted octanol–water partition coefficient (Wildman–Crippen LogP) is 2.82. The first-order valence-corrected chi connectivity index (χ1v) is 7.00. The lowest BCUT2D eigenvalue weighted by atomic mass is 10.2. The van der Waals surface area contributed by atoms with Crippen LogP contribution in [-0.4, -0.2) is 23.1 Å². The molecule has 1 aromatic heterocycles. The molecule has 2 rings (SSSR count). The Balaban J connectivity index is 2.12. The normalized spacial score (nSPS) is 11.7. The van der Waals surface area contributed by atoms with Crippen molar-refractivity contribution in [2.75, 3.05) is 6.61 Å². The molecule has 1 heterocycles. The van der Waals surface area contributed by atoms with Crippen LogP contribution in [0, 0.1) is 6.92 Å². The molecule has 0 unspecified atom stereocenters. The van der Waals surface area contributed by atoms with Crippen molar-refractivity contribution in [3.63, 3.8) is 0 Å². The summed E-state index contributed by atoms with van der Waals surface area (Å²) in [6, 6.07) is 13.3. The fourth-order valence-corrected chi connectivity index (χ4v) is 1.86. The summed E-state index contributed by atoms with van der Waals surface area (Å²) in [5.74, 6) is 0.545. The minimum Gasteiger partial charge on any atom is -0.484 e. The smallest absolute Gasteiger partial charge is 0.270 e. The number of ether oxygens (including phenoxy) is 1. The molecule has 0 saturated heterocycles. The van der Waals surface area contributed by atoms with Crippen LogP contribution < -0.4 is 10.2 Å². The van der Waals surface area contributed by atoms with E-state index in [2.05, 4.69) is 4.99 Å². The van der Waals surface area contributed by atoms with Gasteiger partial charge in [-0.25, -0.2) is 0 Å². The third kappa shape index (κ3) is 4.31. The van der Waals surface area contributed by atoms with E-state index in [-0.39, 0.29) is 18.6 Å². The number of aromatic nitrogens is 1. The summed E-state index contributed by atoms with van der Waals surface area (Å²) in [4.78, 5) is 16.7. The molecule has 0 N–H and O–H groups in total. The number of benzene rings is 1. The monoisotopic (exact) mass is 284 g/mol. The Morgan fingerprint density at radius 2 is 1.90 bits per heavy atom. The van der Waals surface area contributed by atoms with E-state index in [1.807, 2.05) is 63.2 Å². The van der Waals surface area contributed by atoms with Crippen molar-refractivity contribution >= 4 is 5.91 Å². The van der Waals surface area contributed by atoms with Crippen LogP contribution in [0.1, 0.15) is 24.2 Å². The second-order valence-corrected chi connectivity index (χ2v) is 5.15. The standard InChI is InChI=1S/C17H20N2O2/c1-13(2)18-16-6-4-5-11-19(16)17(20)12-21-15-9-7-14(3)8-10-15/h4-11,13H,12H2,1-3H3. The first-order valence-electron chi connectivity index (χ1n) is 7.00. The summed E-state index contributed by atoms with van der Waals surface area (Å²) in [6.07, 6.45) is 1.71. The number of carbonyl (C=O) groups is 1. The van der Waals surface area contributed by atoms with Gasteiger partial charge in [-0.05, 0) is 45.0 Å². The number of hydrogen-bond acceptors (Lipinski definition) is 3. The van der Waals surface area contributed by atoms with Crippen molar-refractivity contribution < 1.29 is 9.53 Å². The van der Waals surface area contributed by atoms with Gasteiger partial charge in [0.1, 0.15) is 11.2 Å². The fraction of sp³-hybridized carbons (Fsp3) is 0.294. The fourth-order valence-electron chi connectivity index (χ4n) is 1.86. The first kappa shape index (κ1) is 15.0. The van der Waals surface area contributed by atoms with Gasteiger partial charge in [0.2, 0.25) is 0 Å². The van der Waals surface area contributed by atoms with Crippen LogP contribution in [0.15, 0.2) is 53.7 Å². The first-order chi connectivity index (χ1) is 10.1. The minimum absolute atomic E-state index is 0.0155. The summed E-state index contributed by atoms with van der Waals surface area (Å²) in [5, 5.41) is 0. The molecule has 0 amide bonds. The highest BCUT2D eigenvalue weighted by Crippen LogP contribution is 2.11. The molecule has 0 aliphatic rings. The van der Waals surface area contributed by atoms with E-state index in [1.165, 1.54) is 4.57 Å². The Kier molecular flexibility index (Phi) is 4.93. The molecule has 4 heteroatoms. The van der Waals surface area contributed by atoms with Gasteiger partial charge in [0.25, 0.3) is 5.91 Å². The third-order valence-electron chi connectivity index (χ3n) is 2.88. The summed E-state index contributed by atoms with van der Waals surface area (Å²) in [7, 11) is 0. The Labute approximate surface area is 124 Å². The Hall–Kier alpha value is -2.36. The quantitative estimate of drug-likeness (QED) is 0.866. The van der Waals surface area contributed by atoms with Crippen molar-refractivity contribution in [2.24, 2.45) is 4.99 Å². The molecule has 0 aliphatic carbocycles. The Morgan fingerprint density at radius 1 is 1.19 bits per heavy atom. The van der Waals surface area contributed by atoms with Crippen molar-refractivity contribution in [1.29, 1.82) is 0 Å². The summed E-state index contributed by atoms with van der Waals surface area (Å²) in [6.45, 7) is 5.95. The molecule has 0 bridgehead atoms. The van der Waals surface area contributed by atoms with E-state index in [0.717, 1.165) is 5.56 Å². The largest absolute Gasteiger partial charge is 0.484 e. The van der Waals surface area contributed by atoms with Crippen molar-refractivity contribution in [2.45, 2.75) is 26.8 Å². The van der Waals surface area contributed by atoms with Crippen LogP contribution in [0.3, 0.4) is 0 Å². The highest BCUT2D eigenvalue weighted by Gasteiger charge is 2.06. The number of nitrogens with zero attached hydrogens (tertiary/aromatic N) is 2. The molecular formula is C17H20N2O2. The topological polar surface area (TPSA) is 43.6 Å². The third-order valence-corrected chi connectivity index (χ3v) is 2.88. The maximum atomic E-state index is 12.3. The van der Waals surface area contributed by atoms with Crippen LogP contribution in [0.5, 0.6) is 5.75 Å². The van der Waals surface area contributed by atoms with Gasteiger partial charge in [0, 0.05) is 12.2 Å². The maximum absolute atomic E-state index is 12.3. The van der Waals surface area contributed by atoms with Crippen LogP contribution in [-0.2, 0) is 0 Å². The zero-order valence-electron chi connectivity index (χ0n) is 12.6. The molecule has 0 spiro atoms. The lowest BCUT2D eigenvalue weighted by molar-refractivity contribution is 0.0831. The van der Waals surface area contributed by atoms with E-state index < -0.39 is 0 Å². The number of pyridine rings is 1. The van der Waals surface area contributed by atoms with Crippen molar-refractivity contribution in [1.82, 2.24) is 4.57 Å². The highest BCUT2D eigenvalue weighted by atomic mass is 16.5. The number of rotatable bonds is 4. The van der Waals surface area contributed by atoms with E-state index in [9.17, 15) is 4.79 Å². The average molecular weight is 284 g/mol. The summed E-state index contributed by atoms with van der Waals surface area (Å²) in [5.41, 5.74) is 1.80. The zero-order valence-corrected chi connectivity index (χ0v) is 12.6. The van der Waals surface area contributed by atoms with Crippen LogP contribution in [0.25, 0.3) is 0 Å². The molecule has 4 nitrogen and oxygen atoms in total. The molecule has 2 aromatic rings. The zero-order chi connectivity index (χ0) is 15.2. The van der Waals surface area contributed by atoms with Gasteiger partial charge in [-0.3, -0.25) is 14.4 Å². The van der Waals surface area contributed by atoms with E-state index >= 15 is 0 Å². The van der Waals surface area contributed by atoms with Gasteiger partial charge in [-0.2, -0.15) is 0 Å². The average Bonchev–Trinajstić information content (AvgIpc) is 2.46. The van der Waals surface area contributed by atoms with Gasteiger partial charge >= 0.3 is 0 Å². The molecule has 0 saturated carbocycles. The van der Waals surface area contributed by atoms with Gasteiger partial charge in [-0.1, -0.05) is 23.8 Å². The Bertz CT molecular complexity index is 670. The summed E-state index contributed by atoms with van der Waals surface area (Å²) < 4.78 is 7.05. The van der Waals surface area contributed by atoms with E-state index in [4.69, 9.17) is 4.74 Å². The molecule has 21 heavy (non-hydrogen) atoms. The van der Waals surface area contributed by atoms with Gasteiger partial charge in [0.05, 0.1) is 0 Å². The Morgan fingerprint density at radius 3 is 2.57 bits per heavy atom. The molecule has 110 valence electrons. The van der Waals surface area contributed by atoms with Crippen LogP contribution >= 0.6 is 0 Å². The number of aryl methyl sites for hydroxylation is 1. The SMILES string of the molecule is Cc1ccc(OCC(=O)n2ccccc2=NC(C)C)cc1. The second-order valence-electron chi connectivity index (χ2n) is 5.15. The summed E-state index contributed by atoms with van der Waals surface area (Å²) >= 11 is 0. The number of hydrogen-bond donors (Lipinski definition) is 0. The molecule has 0 radical (unpaired) electrons. The second kappa shape index (κ2) is 6.88. The van der Waals surface area contributed by atoms with Gasteiger partial charge in [-0.15, -0.1) is 0 Å².